The maximum absolute atomic E-state index is 13.8. The molecule has 6 nitrogen and oxygen atoms in total. The van der Waals surface area contributed by atoms with E-state index >= 15 is 0 Å². The van der Waals surface area contributed by atoms with E-state index in [9.17, 15) is 13.6 Å². The lowest BCUT2D eigenvalue weighted by molar-refractivity contribution is 0.219. The maximum Gasteiger partial charge on any atom is 0.322 e. The molecule has 0 saturated carbocycles. The number of halogens is 2. The number of aryl methyl sites for hydroxylation is 1. The van der Waals surface area contributed by atoms with E-state index in [1.165, 1.54) is 19.1 Å². The average molecular weight is 311 g/mol. The van der Waals surface area contributed by atoms with E-state index in [4.69, 9.17) is 4.52 Å². The van der Waals surface area contributed by atoms with Crippen LogP contribution >= 0.6 is 0 Å². The molecule has 0 bridgehead atoms. The second-order valence-corrected chi connectivity index (χ2v) is 4.68. The minimum absolute atomic E-state index is 0.170. The quantitative estimate of drug-likeness (QED) is 0.942. The molecular weight excluding hydrogens is 296 g/mol. The van der Waals surface area contributed by atoms with Crippen LogP contribution in [0.5, 0.6) is 5.75 Å². The van der Waals surface area contributed by atoms with Gasteiger partial charge in [0, 0.05) is 25.2 Å². The predicted octanol–water partition coefficient (Wildman–Crippen LogP) is 2.93. The van der Waals surface area contributed by atoms with Gasteiger partial charge in [0.1, 0.15) is 11.5 Å². The molecule has 0 aliphatic carbocycles. The molecule has 1 N–H and O–H groups in total. The van der Waals surface area contributed by atoms with Gasteiger partial charge in [-0.15, -0.1) is 0 Å². The van der Waals surface area contributed by atoms with Crippen LogP contribution in [0.4, 0.5) is 19.3 Å². The number of nitrogens with zero attached hydrogens (tertiary/aromatic N) is 2. The first-order valence-corrected chi connectivity index (χ1v) is 6.38. The Balaban J connectivity index is 2.06. The monoisotopic (exact) mass is 311 g/mol. The first-order valence-electron chi connectivity index (χ1n) is 6.38. The van der Waals surface area contributed by atoms with Crippen molar-refractivity contribution in [1.29, 1.82) is 0 Å². The van der Waals surface area contributed by atoms with Gasteiger partial charge in [0.25, 0.3) is 0 Å². The first-order chi connectivity index (χ1) is 10.4. The number of urea groups is 1. The van der Waals surface area contributed by atoms with E-state index in [0.717, 1.165) is 12.1 Å². The molecule has 0 aliphatic heterocycles. The minimum atomic E-state index is -0.794. The van der Waals surface area contributed by atoms with Gasteiger partial charge in [-0.2, -0.15) is 0 Å². The van der Waals surface area contributed by atoms with Gasteiger partial charge in [-0.3, -0.25) is 0 Å². The SMILES string of the molecule is COc1cc(F)c(NC(=O)N(C)Cc2cc(C)on2)cc1F. The number of hydrogen-bond acceptors (Lipinski definition) is 4. The fraction of sp³-hybridized carbons (Fsp3) is 0.286. The number of nitrogens with one attached hydrogen (secondary N) is 1. The van der Waals surface area contributed by atoms with Crippen LogP contribution in [0.3, 0.4) is 0 Å². The van der Waals surface area contributed by atoms with Crippen LogP contribution < -0.4 is 10.1 Å². The molecule has 8 heteroatoms. The van der Waals surface area contributed by atoms with Crippen molar-refractivity contribution in [3.63, 3.8) is 0 Å². The van der Waals surface area contributed by atoms with Gasteiger partial charge in [0.15, 0.2) is 17.4 Å². The lowest BCUT2D eigenvalue weighted by atomic mass is 10.2. The highest BCUT2D eigenvalue weighted by Gasteiger charge is 2.16. The van der Waals surface area contributed by atoms with E-state index in [2.05, 4.69) is 15.2 Å². The molecule has 22 heavy (non-hydrogen) atoms. The lowest BCUT2D eigenvalue weighted by Gasteiger charge is -2.17. The molecule has 2 aromatic rings. The Hall–Kier alpha value is -2.64. The number of carbonyl (C=O) groups is 1. The topological polar surface area (TPSA) is 67.6 Å². The molecule has 2 rings (SSSR count). The number of methoxy groups -OCH3 is 1. The average Bonchev–Trinajstić information content (AvgIpc) is 2.87. The van der Waals surface area contributed by atoms with Crippen LogP contribution in [-0.4, -0.2) is 30.2 Å². The fourth-order valence-electron chi connectivity index (χ4n) is 1.80. The Morgan fingerprint density at radius 1 is 1.36 bits per heavy atom. The highest BCUT2D eigenvalue weighted by Crippen LogP contribution is 2.24. The van der Waals surface area contributed by atoms with Gasteiger partial charge in [0.05, 0.1) is 19.3 Å². The summed E-state index contributed by atoms with van der Waals surface area (Å²) < 4.78 is 36.9. The molecule has 0 radical (unpaired) electrons. The van der Waals surface area contributed by atoms with Crippen LogP contribution in [0.15, 0.2) is 22.7 Å². The number of aromatic nitrogens is 1. The van der Waals surface area contributed by atoms with E-state index in [0.29, 0.717) is 11.5 Å². The molecule has 0 fully saturated rings. The van der Waals surface area contributed by atoms with Crippen molar-refractivity contribution in [2.24, 2.45) is 0 Å². The molecule has 0 spiro atoms. The maximum atomic E-state index is 13.8. The smallest absolute Gasteiger partial charge is 0.322 e. The van der Waals surface area contributed by atoms with Crippen molar-refractivity contribution < 1.29 is 22.8 Å². The standard InChI is InChI=1S/C14H15F2N3O3/c1-8-4-9(18-22-8)7-19(2)14(20)17-12-5-11(16)13(21-3)6-10(12)15/h4-6H,7H2,1-3H3,(H,17,20). The van der Waals surface area contributed by atoms with Gasteiger partial charge in [-0.1, -0.05) is 5.16 Å². The van der Waals surface area contributed by atoms with Crippen LogP contribution in [0.2, 0.25) is 0 Å². The minimum Gasteiger partial charge on any atom is -0.494 e. The zero-order chi connectivity index (χ0) is 16.3. The van der Waals surface area contributed by atoms with Crippen LogP contribution in [0.1, 0.15) is 11.5 Å². The van der Waals surface area contributed by atoms with Gasteiger partial charge in [-0.25, -0.2) is 13.6 Å². The van der Waals surface area contributed by atoms with Gasteiger partial charge < -0.3 is 19.5 Å². The number of carbonyl (C=O) groups excluding carboxylic acids is 1. The van der Waals surface area contributed by atoms with Crippen molar-refractivity contribution in [3.8, 4) is 5.75 Å². The van der Waals surface area contributed by atoms with E-state index in [1.54, 1.807) is 13.0 Å². The van der Waals surface area contributed by atoms with E-state index in [-0.39, 0.29) is 18.0 Å². The van der Waals surface area contributed by atoms with E-state index in [1.807, 2.05) is 0 Å². The van der Waals surface area contributed by atoms with Crippen LogP contribution in [-0.2, 0) is 6.54 Å². The first kappa shape index (κ1) is 15.7. The predicted molar refractivity (Wildman–Crippen MR) is 74.6 cm³/mol. The normalized spacial score (nSPS) is 10.4. The largest absolute Gasteiger partial charge is 0.494 e. The Bertz CT molecular complexity index is 688. The summed E-state index contributed by atoms with van der Waals surface area (Å²) in [6.07, 6.45) is 0. The third-order valence-electron chi connectivity index (χ3n) is 2.91. The number of hydrogen-bond donors (Lipinski definition) is 1. The zero-order valence-corrected chi connectivity index (χ0v) is 12.3. The van der Waals surface area contributed by atoms with Crippen LogP contribution in [0, 0.1) is 18.6 Å². The second kappa shape index (κ2) is 6.42. The van der Waals surface area contributed by atoms with E-state index < -0.39 is 17.7 Å². The van der Waals surface area contributed by atoms with Crippen molar-refractivity contribution in [2.45, 2.75) is 13.5 Å². The lowest BCUT2D eigenvalue weighted by Crippen LogP contribution is -2.31. The van der Waals surface area contributed by atoms with Gasteiger partial charge in [0.2, 0.25) is 0 Å². The van der Waals surface area contributed by atoms with Crippen molar-refractivity contribution in [3.05, 3.63) is 41.3 Å². The summed E-state index contributed by atoms with van der Waals surface area (Å²) in [7, 11) is 2.72. The number of amides is 2. The molecule has 0 atom stereocenters. The number of rotatable bonds is 4. The molecular formula is C14H15F2N3O3. The molecule has 1 aromatic heterocycles. The molecule has 2 amide bonds. The van der Waals surface area contributed by atoms with Crippen molar-refractivity contribution in [1.82, 2.24) is 10.1 Å². The molecule has 0 saturated heterocycles. The number of anilines is 1. The molecule has 118 valence electrons. The highest BCUT2D eigenvalue weighted by atomic mass is 19.1. The van der Waals surface area contributed by atoms with Crippen LogP contribution in [0.25, 0.3) is 0 Å². The second-order valence-electron chi connectivity index (χ2n) is 4.68. The van der Waals surface area contributed by atoms with Gasteiger partial charge >= 0.3 is 6.03 Å². The molecule has 1 aromatic carbocycles. The summed E-state index contributed by atoms with van der Waals surface area (Å²) in [4.78, 5) is 13.2. The zero-order valence-electron chi connectivity index (χ0n) is 12.3. The summed E-state index contributed by atoms with van der Waals surface area (Å²) in [5, 5.41) is 6.04. The summed E-state index contributed by atoms with van der Waals surface area (Å²) in [5.41, 5.74) is 0.281. The Labute approximate surface area is 125 Å². The summed E-state index contributed by atoms with van der Waals surface area (Å²) >= 11 is 0. The Kier molecular flexibility index (Phi) is 4.59. The summed E-state index contributed by atoms with van der Waals surface area (Å²) in [6.45, 7) is 1.90. The fourth-order valence-corrected chi connectivity index (χ4v) is 1.80. The number of ether oxygens (including phenoxy) is 1. The third kappa shape index (κ3) is 3.51. The Morgan fingerprint density at radius 2 is 2.09 bits per heavy atom. The number of benzene rings is 1. The highest BCUT2D eigenvalue weighted by molar-refractivity contribution is 5.89. The Morgan fingerprint density at radius 3 is 2.68 bits per heavy atom. The molecule has 1 heterocycles. The summed E-state index contributed by atoms with van der Waals surface area (Å²) in [5.74, 6) is -1.18. The third-order valence-corrected chi connectivity index (χ3v) is 2.91. The van der Waals surface area contributed by atoms with Crippen molar-refractivity contribution >= 4 is 11.7 Å². The van der Waals surface area contributed by atoms with Gasteiger partial charge in [-0.05, 0) is 6.92 Å². The molecule has 0 unspecified atom stereocenters. The molecule has 0 aliphatic rings. The van der Waals surface area contributed by atoms with Crippen molar-refractivity contribution in [2.75, 3.05) is 19.5 Å². The summed E-state index contributed by atoms with van der Waals surface area (Å²) in [6, 6.07) is 2.80.